The third-order valence-electron chi connectivity index (χ3n) is 3.19. The lowest BCUT2D eigenvalue weighted by Gasteiger charge is -2.04. The first-order valence-electron chi connectivity index (χ1n) is 6.60. The van der Waals surface area contributed by atoms with Crippen LogP contribution in [0.4, 0.5) is 0 Å². The van der Waals surface area contributed by atoms with Gasteiger partial charge in [-0.1, -0.05) is 18.2 Å². The van der Waals surface area contributed by atoms with E-state index in [4.69, 9.17) is 10.5 Å². The van der Waals surface area contributed by atoms with Crippen LogP contribution in [-0.2, 0) is 13.2 Å². The minimum atomic E-state index is 0.461. The van der Waals surface area contributed by atoms with Gasteiger partial charge >= 0.3 is 0 Å². The monoisotopic (exact) mass is 267 g/mol. The number of benzene rings is 1. The Morgan fingerprint density at radius 2 is 1.90 bits per heavy atom. The van der Waals surface area contributed by atoms with Crippen molar-refractivity contribution < 1.29 is 4.74 Å². The SMILES string of the molecule is Cc1ccc2nc(COc3ccc(CN)cc3)cn2c1. The zero-order chi connectivity index (χ0) is 13.9. The maximum atomic E-state index is 5.73. The summed E-state index contributed by atoms with van der Waals surface area (Å²) in [6.07, 6.45) is 4.05. The van der Waals surface area contributed by atoms with Gasteiger partial charge in [-0.15, -0.1) is 0 Å². The van der Waals surface area contributed by atoms with E-state index in [2.05, 4.69) is 24.2 Å². The molecule has 0 fully saturated rings. The molecule has 20 heavy (non-hydrogen) atoms. The fourth-order valence-corrected chi connectivity index (χ4v) is 2.10. The second-order valence-electron chi connectivity index (χ2n) is 4.84. The molecule has 2 aromatic heterocycles. The second kappa shape index (κ2) is 5.35. The van der Waals surface area contributed by atoms with E-state index in [1.54, 1.807) is 0 Å². The highest BCUT2D eigenvalue weighted by Gasteiger charge is 2.03. The molecular weight excluding hydrogens is 250 g/mol. The summed E-state index contributed by atoms with van der Waals surface area (Å²) in [7, 11) is 0. The lowest BCUT2D eigenvalue weighted by molar-refractivity contribution is 0.302. The van der Waals surface area contributed by atoms with Crippen molar-refractivity contribution in [2.45, 2.75) is 20.1 Å². The van der Waals surface area contributed by atoms with Crippen molar-refractivity contribution in [3.05, 3.63) is 65.6 Å². The van der Waals surface area contributed by atoms with Crippen LogP contribution in [-0.4, -0.2) is 9.38 Å². The Kier molecular flexibility index (Phi) is 3.39. The minimum absolute atomic E-state index is 0.461. The summed E-state index contributed by atoms with van der Waals surface area (Å²) in [6, 6.07) is 11.9. The maximum absolute atomic E-state index is 5.73. The van der Waals surface area contributed by atoms with Crippen molar-refractivity contribution in [3.8, 4) is 5.75 Å². The van der Waals surface area contributed by atoms with Crippen LogP contribution in [0.2, 0.25) is 0 Å². The third kappa shape index (κ3) is 2.65. The molecule has 0 radical (unpaired) electrons. The van der Waals surface area contributed by atoms with Gasteiger partial charge in [0.15, 0.2) is 0 Å². The first-order chi connectivity index (χ1) is 9.74. The van der Waals surface area contributed by atoms with Gasteiger partial charge < -0.3 is 14.9 Å². The fraction of sp³-hybridized carbons (Fsp3) is 0.188. The zero-order valence-corrected chi connectivity index (χ0v) is 11.4. The largest absolute Gasteiger partial charge is 0.487 e. The van der Waals surface area contributed by atoms with E-state index in [-0.39, 0.29) is 0 Å². The van der Waals surface area contributed by atoms with Gasteiger partial charge in [0.2, 0.25) is 0 Å². The van der Waals surface area contributed by atoms with Crippen LogP contribution >= 0.6 is 0 Å². The van der Waals surface area contributed by atoms with Crippen LogP contribution in [0.5, 0.6) is 5.75 Å². The molecule has 0 bridgehead atoms. The topological polar surface area (TPSA) is 52.5 Å². The van der Waals surface area contributed by atoms with Crippen molar-refractivity contribution in [3.63, 3.8) is 0 Å². The number of hydrogen-bond donors (Lipinski definition) is 1. The molecule has 4 nitrogen and oxygen atoms in total. The van der Waals surface area contributed by atoms with Crippen LogP contribution in [0, 0.1) is 6.92 Å². The quantitative estimate of drug-likeness (QED) is 0.790. The fourth-order valence-electron chi connectivity index (χ4n) is 2.10. The van der Waals surface area contributed by atoms with E-state index in [9.17, 15) is 0 Å². The Morgan fingerprint density at radius 3 is 2.65 bits per heavy atom. The van der Waals surface area contributed by atoms with Gasteiger partial charge in [-0.05, 0) is 36.2 Å². The van der Waals surface area contributed by atoms with Crippen molar-refractivity contribution in [1.29, 1.82) is 0 Å². The third-order valence-corrected chi connectivity index (χ3v) is 3.19. The van der Waals surface area contributed by atoms with Gasteiger partial charge in [0.25, 0.3) is 0 Å². The summed E-state index contributed by atoms with van der Waals surface area (Å²) in [6.45, 7) is 3.07. The molecule has 4 heteroatoms. The molecule has 0 atom stereocenters. The maximum Gasteiger partial charge on any atom is 0.137 e. The van der Waals surface area contributed by atoms with Crippen molar-refractivity contribution >= 4 is 5.65 Å². The van der Waals surface area contributed by atoms with E-state index in [0.29, 0.717) is 13.2 Å². The normalized spacial score (nSPS) is 10.9. The zero-order valence-electron chi connectivity index (χ0n) is 11.4. The Morgan fingerprint density at radius 1 is 1.10 bits per heavy atom. The number of imidazole rings is 1. The van der Waals surface area contributed by atoms with Crippen molar-refractivity contribution in [2.75, 3.05) is 0 Å². The van der Waals surface area contributed by atoms with Crippen LogP contribution in [0.15, 0.2) is 48.8 Å². The first kappa shape index (κ1) is 12.7. The number of fused-ring (bicyclic) bond motifs is 1. The number of aromatic nitrogens is 2. The highest BCUT2D eigenvalue weighted by molar-refractivity contribution is 5.41. The van der Waals surface area contributed by atoms with Crippen molar-refractivity contribution in [2.24, 2.45) is 5.73 Å². The number of hydrogen-bond acceptors (Lipinski definition) is 3. The summed E-state index contributed by atoms with van der Waals surface area (Å²) < 4.78 is 7.75. The standard InChI is InChI=1S/C16H17N3O/c1-12-2-7-16-18-14(10-19(16)9-12)11-20-15-5-3-13(8-17)4-6-15/h2-7,9-10H,8,11,17H2,1H3. The number of ether oxygens (including phenoxy) is 1. The Hall–Kier alpha value is -2.33. The van der Waals surface area contributed by atoms with Crippen LogP contribution in [0.25, 0.3) is 5.65 Å². The summed E-state index contributed by atoms with van der Waals surface area (Å²) in [5, 5.41) is 0. The smallest absolute Gasteiger partial charge is 0.137 e. The van der Waals surface area contributed by atoms with Crippen LogP contribution < -0.4 is 10.5 Å². The predicted molar refractivity (Wildman–Crippen MR) is 78.6 cm³/mol. The summed E-state index contributed by atoms with van der Waals surface area (Å²) >= 11 is 0. The lowest BCUT2D eigenvalue weighted by Crippen LogP contribution is -1.98. The molecule has 0 amide bonds. The molecule has 102 valence electrons. The van der Waals surface area contributed by atoms with E-state index in [0.717, 1.165) is 22.7 Å². The molecule has 0 aliphatic heterocycles. The molecule has 0 saturated carbocycles. The molecular formula is C16H17N3O. The van der Waals surface area contributed by atoms with Crippen molar-refractivity contribution in [1.82, 2.24) is 9.38 Å². The Labute approximate surface area is 117 Å². The minimum Gasteiger partial charge on any atom is -0.487 e. The lowest BCUT2D eigenvalue weighted by atomic mass is 10.2. The number of pyridine rings is 1. The highest BCUT2D eigenvalue weighted by atomic mass is 16.5. The van der Waals surface area contributed by atoms with Gasteiger partial charge in [-0.3, -0.25) is 0 Å². The van der Waals surface area contributed by atoms with Gasteiger partial charge in [0, 0.05) is 18.9 Å². The molecule has 2 N–H and O–H groups in total. The summed E-state index contributed by atoms with van der Waals surface area (Å²) in [5.74, 6) is 0.829. The van der Waals surface area contributed by atoms with Crippen LogP contribution in [0.3, 0.4) is 0 Å². The van der Waals surface area contributed by atoms with E-state index >= 15 is 0 Å². The Balaban J connectivity index is 1.72. The van der Waals surface area contributed by atoms with Gasteiger partial charge in [-0.25, -0.2) is 4.98 Å². The van der Waals surface area contributed by atoms with Gasteiger partial charge in [0.05, 0.1) is 5.69 Å². The molecule has 1 aromatic carbocycles. The molecule has 0 unspecified atom stereocenters. The van der Waals surface area contributed by atoms with Gasteiger partial charge in [-0.2, -0.15) is 0 Å². The van der Waals surface area contributed by atoms with E-state index in [1.165, 1.54) is 5.56 Å². The molecule has 0 saturated heterocycles. The van der Waals surface area contributed by atoms with E-state index in [1.807, 2.05) is 40.9 Å². The molecule has 3 aromatic rings. The number of aryl methyl sites for hydroxylation is 1. The summed E-state index contributed by atoms with van der Waals surface area (Å²) in [5.41, 5.74) is 9.73. The Bertz CT molecular complexity index is 716. The molecule has 0 aliphatic carbocycles. The molecule has 0 spiro atoms. The molecule has 2 heterocycles. The highest BCUT2D eigenvalue weighted by Crippen LogP contribution is 2.14. The van der Waals surface area contributed by atoms with Gasteiger partial charge in [0.1, 0.15) is 18.0 Å². The summed E-state index contributed by atoms with van der Waals surface area (Å²) in [4.78, 5) is 4.52. The molecule has 3 rings (SSSR count). The number of nitrogens with zero attached hydrogens (tertiary/aromatic N) is 2. The number of rotatable bonds is 4. The molecule has 0 aliphatic rings. The van der Waals surface area contributed by atoms with Crippen LogP contribution in [0.1, 0.15) is 16.8 Å². The average Bonchev–Trinajstić information content (AvgIpc) is 2.87. The first-order valence-corrected chi connectivity index (χ1v) is 6.60. The average molecular weight is 267 g/mol. The number of nitrogens with two attached hydrogens (primary N) is 1. The van der Waals surface area contributed by atoms with E-state index < -0.39 is 0 Å². The second-order valence-corrected chi connectivity index (χ2v) is 4.84. The predicted octanol–water partition coefficient (Wildman–Crippen LogP) is 2.68.